The van der Waals surface area contributed by atoms with Crippen LogP contribution in [0.4, 0.5) is 0 Å². The Morgan fingerprint density at radius 1 is 1.00 bits per heavy atom. The number of nitriles is 1. The quantitative estimate of drug-likeness (QED) is 0.842. The zero-order chi connectivity index (χ0) is 15.9. The third-order valence-corrected chi connectivity index (χ3v) is 2.90. The van der Waals surface area contributed by atoms with E-state index in [1.807, 2.05) is 6.07 Å². The van der Waals surface area contributed by atoms with Crippen molar-refractivity contribution < 1.29 is 14.3 Å². The molecule has 2 aromatic carbocycles. The molecule has 0 heterocycles. The molecule has 0 aliphatic carbocycles. The van der Waals surface area contributed by atoms with E-state index >= 15 is 0 Å². The van der Waals surface area contributed by atoms with Crippen LogP contribution in [0.25, 0.3) is 0 Å². The van der Waals surface area contributed by atoms with Gasteiger partial charge in [-0.1, -0.05) is 6.07 Å². The summed E-state index contributed by atoms with van der Waals surface area (Å²) in [5.41, 5.74) is 5.65. The molecule has 0 aromatic heterocycles. The van der Waals surface area contributed by atoms with Crippen LogP contribution >= 0.6 is 0 Å². The van der Waals surface area contributed by atoms with Crippen molar-refractivity contribution in [1.82, 2.24) is 10.9 Å². The summed E-state index contributed by atoms with van der Waals surface area (Å²) in [6, 6.07) is 14.6. The lowest BCUT2D eigenvalue weighted by Gasteiger charge is -2.08. The molecule has 0 unspecified atom stereocenters. The number of nitrogens with one attached hydrogen (secondary N) is 2. The lowest BCUT2D eigenvalue weighted by Crippen LogP contribution is -2.41. The Labute approximate surface area is 127 Å². The average molecular weight is 295 g/mol. The van der Waals surface area contributed by atoms with Crippen molar-refractivity contribution in [2.45, 2.75) is 0 Å². The van der Waals surface area contributed by atoms with Gasteiger partial charge in [-0.05, 0) is 42.5 Å². The van der Waals surface area contributed by atoms with Crippen LogP contribution in [-0.4, -0.2) is 18.9 Å². The highest BCUT2D eigenvalue weighted by Crippen LogP contribution is 2.11. The Kier molecular flexibility index (Phi) is 4.73. The molecular formula is C16H13N3O3. The zero-order valence-corrected chi connectivity index (χ0v) is 11.8. The lowest BCUT2D eigenvalue weighted by atomic mass is 10.1. The van der Waals surface area contributed by atoms with Crippen LogP contribution in [0.15, 0.2) is 48.5 Å². The first-order chi connectivity index (χ1) is 10.6. The van der Waals surface area contributed by atoms with Crippen LogP contribution in [0.2, 0.25) is 0 Å². The predicted molar refractivity (Wildman–Crippen MR) is 79.1 cm³/mol. The van der Waals surface area contributed by atoms with Crippen LogP contribution in [0, 0.1) is 11.3 Å². The standard InChI is InChI=1S/C16H13N3O3/c1-22-14-7-5-12(6-8-14)15(20)18-19-16(21)13-4-2-3-11(9-13)10-17/h2-9H,1H3,(H,18,20)(H,19,21). The highest BCUT2D eigenvalue weighted by molar-refractivity contribution is 5.99. The molecule has 0 bridgehead atoms. The lowest BCUT2D eigenvalue weighted by molar-refractivity contribution is 0.0846. The van der Waals surface area contributed by atoms with Crippen molar-refractivity contribution in [2.24, 2.45) is 0 Å². The molecule has 6 nitrogen and oxygen atoms in total. The summed E-state index contributed by atoms with van der Waals surface area (Å²) in [5, 5.41) is 8.79. The molecule has 2 amide bonds. The molecule has 0 aliphatic heterocycles. The Balaban J connectivity index is 1.97. The molecular weight excluding hydrogens is 282 g/mol. The number of hydrazine groups is 1. The van der Waals surface area contributed by atoms with Gasteiger partial charge in [-0.2, -0.15) is 5.26 Å². The van der Waals surface area contributed by atoms with Crippen molar-refractivity contribution in [3.8, 4) is 11.8 Å². The van der Waals surface area contributed by atoms with Gasteiger partial charge in [0.25, 0.3) is 11.8 Å². The number of amides is 2. The summed E-state index contributed by atoms with van der Waals surface area (Å²) in [4.78, 5) is 23.8. The van der Waals surface area contributed by atoms with Gasteiger partial charge in [0, 0.05) is 11.1 Å². The molecule has 6 heteroatoms. The molecule has 2 aromatic rings. The summed E-state index contributed by atoms with van der Waals surface area (Å²) in [5.74, 6) is -0.319. The fourth-order valence-corrected chi connectivity index (χ4v) is 1.73. The van der Waals surface area contributed by atoms with Gasteiger partial charge < -0.3 is 4.74 Å². The van der Waals surface area contributed by atoms with E-state index in [0.717, 1.165) is 0 Å². The van der Waals surface area contributed by atoms with Crippen molar-refractivity contribution in [2.75, 3.05) is 7.11 Å². The summed E-state index contributed by atoms with van der Waals surface area (Å²) in [6.45, 7) is 0. The van der Waals surface area contributed by atoms with E-state index in [-0.39, 0.29) is 5.56 Å². The van der Waals surface area contributed by atoms with Crippen LogP contribution in [0.1, 0.15) is 26.3 Å². The van der Waals surface area contributed by atoms with E-state index in [4.69, 9.17) is 10.00 Å². The first kappa shape index (κ1) is 15.1. The molecule has 0 atom stereocenters. The van der Waals surface area contributed by atoms with E-state index < -0.39 is 11.8 Å². The largest absolute Gasteiger partial charge is 0.497 e. The maximum absolute atomic E-state index is 11.9. The van der Waals surface area contributed by atoms with Gasteiger partial charge in [-0.25, -0.2) is 0 Å². The third-order valence-electron chi connectivity index (χ3n) is 2.90. The number of carbonyl (C=O) groups is 2. The maximum Gasteiger partial charge on any atom is 0.269 e. The number of benzene rings is 2. The van der Waals surface area contributed by atoms with Gasteiger partial charge in [0.05, 0.1) is 18.7 Å². The Morgan fingerprint density at radius 3 is 2.23 bits per heavy atom. The Bertz CT molecular complexity index is 733. The maximum atomic E-state index is 11.9. The average Bonchev–Trinajstić information content (AvgIpc) is 2.59. The molecule has 22 heavy (non-hydrogen) atoms. The Morgan fingerprint density at radius 2 is 1.64 bits per heavy atom. The number of nitrogens with zero attached hydrogens (tertiary/aromatic N) is 1. The van der Waals surface area contributed by atoms with Crippen LogP contribution in [0.5, 0.6) is 5.75 Å². The summed E-state index contributed by atoms with van der Waals surface area (Å²) < 4.78 is 5.00. The van der Waals surface area contributed by atoms with Gasteiger partial charge in [-0.3, -0.25) is 20.4 Å². The van der Waals surface area contributed by atoms with Gasteiger partial charge >= 0.3 is 0 Å². The summed E-state index contributed by atoms with van der Waals surface area (Å²) in [7, 11) is 1.53. The predicted octanol–water partition coefficient (Wildman–Crippen LogP) is 1.64. The molecule has 0 saturated carbocycles. The van der Waals surface area contributed by atoms with Crippen molar-refractivity contribution in [1.29, 1.82) is 5.26 Å². The van der Waals surface area contributed by atoms with Crippen LogP contribution in [0.3, 0.4) is 0 Å². The summed E-state index contributed by atoms with van der Waals surface area (Å²) in [6.07, 6.45) is 0. The third kappa shape index (κ3) is 3.61. The van der Waals surface area contributed by atoms with E-state index in [1.165, 1.54) is 13.2 Å². The molecule has 0 spiro atoms. The fourth-order valence-electron chi connectivity index (χ4n) is 1.73. The highest BCUT2D eigenvalue weighted by atomic mass is 16.5. The number of rotatable bonds is 3. The number of hydrogen-bond acceptors (Lipinski definition) is 4. The minimum Gasteiger partial charge on any atom is -0.497 e. The number of carbonyl (C=O) groups excluding carboxylic acids is 2. The van der Waals surface area contributed by atoms with Crippen molar-refractivity contribution in [3.63, 3.8) is 0 Å². The van der Waals surface area contributed by atoms with E-state index in [9.17, 15) is 9.59 Å². The molecule has 0 fully saturated rings. The first-order valence-corrected chi connectivity index (χ1v) is 6.39. The SMILES string of the molecule is COc1ccc(C(=O)NNC(=O)c2cccc(C#N)c2)cc1. The summed E-state index contributed by atoms with van der Waals surface area (Å²) >= 11 is 0. The highest BCUT2D eigenvalue weighted by Gasteiger charge is 2.09. The molecule has 2 rings (SSSR count). The molecule has 0 radical (unpaired) electrons. The second-order valence-corrected chi connectivity index (χ2v) is 4.33. The molecule has 2 N–H and O–H groups in total. The molecule has 0 aliphatic rings. The second-order valence-electron chi connectivity index (χ2n) is 4.33. The smallest absolute Gasteiger partial charge is 0.269 e. The molecule has 110 valence electrons. The number of hydrogen-bond donors (Lipinski definition) is 2. The van der Waals surface area contributed by atoms with Crippen molar-refractivity contribution in [3.05, 3.63) is 65.2 Å². The van der Waals surface area contributed by atoms with Crippen LogP contribution < -0.4 is 15.6 Å². The van der Waals surface area contributed by atoms with Gasteiger partial charge in [0.1, 0.15) is 5.75 Å². The van der Waals surface area contributed by atoms with E-state index in [0.29, 0.717) is 16.9 Å². The van der Waals surface area contributed by atoms with Gasteiger partial charge in [0.2, 0.25) is 0 Å². The Hall–Kier alpha value is -3.33. The van der Waals surface area contributed by atoms with Crippen molar-refractivity contribution >= 4 is 11.8 Å². The molecule has 0 saturated heterocycles. The fraction of sp³-hybridized carbons (Fsp3) is 0.0625. The topological polar surface area (TPSA) is 91.2 Å². The monoisotopic (exact) mass is 295 g/mol. The number of ether oxygens (including phenoxy) is 1. The van der Waals surface area contributed by atoms with Gasteiger partial charge in [0.15, 0.2) is 0 Å². The first-order valence-electron chi connectivity index (χ1n) is 6.39. The van der Waals surface area contributed by atoms with E-state index in [1.54, 1.807) is 42.5 Å². The van der Waals surface area contributed by atoms with E-state index in [2.05, 4.69) is 10.9 Å². The number of methoxy groups -OCH3 is 1. The zero-order valence-electron chi connectivity index (χ0n) is 11.8. The minimum atomic E-state index is -0.501. The second kappa shape index (κ2) is 6.90. The minimum absolute atomic E-state index is 0.286. The normalized spacial score (nSPS) is 9.45. The van der Waals surface area contributed by atoms with Gasteiger partial charge in [-0.15, -0.1) is 0 Å². The van der Waals surface area contributed by atoms with Crippen LogP contribution in [-0.2, 0) is 0 Å².